The van der Waals surface area contributed by atoms with E-state index in [2.05, 4.69) is 34.7 Å². The minimum absolute atomic E-state index is 0.232. The number of carbonyl (C=O) groups is 1. The second kappa shape index (κ2) is 5.46. The molecule has 0 atom stereocenters. The third-order valence-corrected chi connectivity index (χ3v) is 3.94. The van der Waals surface area contributed by atoms with Crippen LogP contribution in [0.4, 0.5) is 0 Å². The first-order valence-electron chi connectivity index (χ1n) is 6.31. The van der Waals surface area contributed by atoms with E-state index >= 15 is 0 Å². The smallest absolute Gasteiger partial charge is 0.216 e. The van der Waals surface area contributed by atoms with Gasteiger partial charge in [0, 0.05) is 5.56 Å². The van der Waals surface area contributed by atoms with Crippen molar-refractivity contribution in [3.05, 3.63) is 35.9 Å². The normalized spacial score (nSPS) is 12.2. The summed E-state index contributed by atoms with van der Waals surface area (Å²) in [4.78, 5) is 12.3. The number of carbonyl (C=O) groups excluding carboxylic acids is 1. The van der Waals surface area contributed by atoms with Gasteiger partial charge in [-0.3, -0.25) is 4.79 Å². The van der Waals surface area contributed by atoms with E-state index in [0.717, 1.165) is 10.0 Å². The van der Waals surface area contributed by atoms with Gasteiger partial charge in [-0.2, -0.15) is 0 Å². The quantitative estimate of drug-likeness (QED) is 0.565. The average Bonchev–Trinajstić information content (AvgIpc) is 2.29. The molecule has 0 aliphatic heterocycles. The predicted octanol–water partition coefficient (Wildman–Crippen LogP) is 3.13. The lowest BCUT2D eigenvalue weighted by molar-refractivity contribution is -0.941. The van der Waals surface area contributed by atoms with Crippen LogP contribution < -0.4 is 0 Å². The summed E-state index contributed by atoms with van der Waals surface area (Å²) >= 11 is 0. The fraction of sp³-hybridized carbons (Fsp3) is 0.533. The Labute approximate surface area is 105 Å². The molecule has 1 rings (SSSR count). The van der Waals surface area contributed by atoms with Gasteiger partial charge in [0.15, 0.2) is 0 Å². The van der Waals surface area contributed by atoms with Crippen molar-refractivity contribution in [2.45, 2.75) is 39.8 Å². The summed E-state index contributed by atoms with van der Waals surface area (Å²) in [5.41, 5.74) is 0.818. The van der Waals surface area contributed by atoms with Gasteiger partial charge in [-0.25, -0.2) is 0 Å². The molecule has 0 heterocycles. The zero-order chi connectivity index (χ0) is 13.1. The van der Waals surface area contributed by atoms with Gasteiger partial charge in [0.2, 0.25) is 5.78 Å². The van der Waals surface area contributed by atoms with Gasteiger partial charge in [0.1, 0.15) is 6.54 Å². The van der Waals surface area contributed by atoms with Crippen LogP contribution in [0.15, 0.2) is 30.3 Å². The zero-order valence-electron chi connectivity index (χ0n) is 11.6. The van der Waals surface area contributed by atoms with Crippen molar-refractivity contribution < 1.29 is 9.28 Å². The number of hydrogen-bond donors (Lipinski definition) is 0. The van der Waals surface area contributed by atoms with E-state index in [4.69, 9.17) is 0 Å². The molecule has 0 aliphatic carbocycles. The second-order valence-electron chi connectivity index (χ2n) is 5.48. The fourth-order valence-electron chi connectivity index (χ4n) is 1.99. The summed E-state index contributed by atoms with van der Waals surface area (Å²) in [6.45, 7) is 9.28. The van der Waals surface area contributed by atoms with Gasteiger partial charge < -0.3 is 4.48 Å². The number of ketones is 1. The summed E-state index contributed by atoms with van der Waals surface area (Å²) in [5, 5.41) is 0. The molecule has 1 aromatic rings. The highest BCUT2D eigenvalue weighted by Crippen LogP contribution is 2.17. The molecule has 0 fully saturated rings. The highest BCUT2D eigenvalue weighted by atomic mass is 16.1. The van der Waals surface area contributed by atoms with E-state index in [1.807, 2.05) is 30.3 Å². The summed E-state index contributed by atoms with van der Waals surface area (Å²) in [5.74, 6) is 0.232. The van der Waals surface area contributed by atoms with Crippen LogP contribution in [-0.4, -0.2) is 35.9 Å². The molecule has 2 heteroatoms. The predicted molar refractivity (Wildman–Crippen MR) is 72.1 cm³/mol. The molecule has 0 aliphatic rings. The lowest BCUT2D eigenvalue weighted by atomic mass is 10.1. The molecule has 0 saturated carbocycles. The highest BCUT2D eigenvalue weighted by Gasteiger charge is 2.32. The monoisotopic (exact) mass is 234 g/mol. The molecule has 0 bridgehead atoms. The summed E-state index contributed by atoms with van der Waals surface area (Å²) in [6.07, 6.45) is 0. The largest absolute Gasteiger partial charge is 0.316 e. The van der Waals surface area contributed by atoms with E-state index in [9.17, 15) is 4.79 Å². The molecule has 0 N–H and O–H groups in total. The third kappa shape index (κ3) is 3.16. The van der Waals surface area contributed by atoms with Crippen molar-refractivity contribution in [3.63, 3.8) is 0 Å². The van der Waals surface area contributed by atoms with E-state index in [1.54, 1.807) is 0 Å². The van der Waals surface area contributed by atoms with Crippen LogP contribution in [0.1, 0.15) is 38.1 Å². The number of quaternary nitrogens is 1. The maximum absolute atomic E-state index is 12.3. The molecule has 0 saturated heterocycles. The SMILES string of the molecule is CC(C)[N+](C)(CC(=O)c1ccccc1)C(C)C. The van der Waals surface area contributed by atoms with Crippen LogP contribution in [0.25, 0.3) is 0 Å². The van der Waals surface area contributed by atoms with Gasteiger partial charge in [-0.05, 0) is 27.7 Å². The first-order chi connectivity index (χ1) is 7.88. The third-order valence-electron chi connectivity index (χ3n) is 3.94. The van der Waals surface area contributed by atoms with Crippen LogP contribution in [0.2, 0.25) is 0 Å². The van der Waals surface area contributed by atoms with Crippen LogP contribution in [0.3, 0.4) is 0 Å². The van der Waals surface area contributed by atoms with Gasteiger partial charge in [0.25, 0.3) is 0 Å². The molecule has 0 unspecified atom stereocenters. The Bertz CT molecular complexity index is 360. The molecule has 0 aromatic heterocycles. The van der Waals surface area contributed by atoms with Crippen molar-refractivity contribution in [1.29, 1.82) is 0 Å². The Balaban J connectivity index is 2.86. The maximum Gasteiger partial charge on any atom is 0.216 e. The molecule has 2 nitrogen and oxygen atoms in total. The zero-order valence-corrected chi connectivity index (χ0v) is 11.6. The minimum Gasteiger partial charge on any atom is -0.316 e. The number of likely N-dealkylation sites (N-methyl/N-ethyl adjacent to an activating group) is 1. The number of Topliss-reactive ketones (excluding diaryl/α,β-unsaturated/α-hetero) is 1. The fourth-order valence-corrected chi connectivity index (χ4v) is 1.99. The Morgan fingerprint density at radius 3 is 1.94 bits per heavy atom. The Morgan fingerprint density at radius 2 is 1.53 bits per heavy atom. The minimum atomic E-state index is 0.232. The number of benzene rings is 1. The molecular formula is C15H24NO+. The molecule has 1 aromatic carbocycles. The maximum atomic E-state index is 12.3. The Hall–Kier alpha value is -1.15. The molecule has 94 valence electrons. The van der Waals surface area contributed by atoms with Crippen LogP contribution in [0.5, 0.6) is 0 Å². The summed E-state index contributed by atoms with van der Waals surface area (Å²) in [6, 6.07) is 10.5. The van der Waals surface area contributed by atoms with Gasteiger partial charge in [0.05, 0.1) is 19.1 Å². The van der Waals surface area contributed by atoms with Gasteiger partial charge in [-0.15, -0.1) is 0 Å². The standard InChI is InChI=1S/C15H24NO/c1-12(2)16(5,13(3)4)11-15(17)14-9-7-6-8-10-14/h6-10,12-13H,11H2,1-5H3/q+1. The Kier molecular flexibility index (Phi) is 4.47. The lowest BCUT2D eigenvalue weighted by Crippen LogP contribution is -2.56. The van der Waals surface area contributed by atoms with Crippen molar-refractivity contribution in [1.82, 2.24) is 0 Å². The number of hydrogen-bond acceptors (Lipinski definition) is 1. The lowest BCUT2D eigenvalue weighted by Gasteiger charge is -2.41. The molecular weight excluding hydrogens is 210 g/mol. The van der Waals surface area contributed by atoms with Crippen LogP contribution >= 0.6 is 0 Å². The second-order valence-corrected chi connectivity index (χ2v) is 5.48. The summed E-state index contributed by atoms with van der Waals surface area (Å²) < 4.78 is 0.785. The van der Waals surface area contributed by atoms with Crippen molar-refractivity contribution in [3.8, 4) is 0 Å². The molecule has 0 spiro atoms. The van der Waals surface area contributed by atoms with E-state index in [-0.39, 0.29) is 5.78 Å². The van der Waals surface area contributed by atoms with Crippen LogP contribution in [0, 0.1) is 0 Å². The first-order valence-corrected chi connectivity index (χ1v) is 6.31. The van der Waals surface area contributed by atoms with Crippen molar-refractivity contribution in [2.24, 2.45) is 0 Å². The average molecular weight is 234 g/mol. The van der Waals surface area contributed by atoms with Gasteiger partial charge in [-0.1, -0.05) is 30.3 Å². The highest BCUT2D eigenvalue weighted by molar-refractivity contribution is 5.96. The van der Waals surface area contributed by atoms with Crippen molar-refractivity contribution >= 4 is 5.78 Å². The molecule has 0 amide bonds. The summed E-state index contributed by atoms with van der Waals surface area (Å²) in [7, 11) is 2.16. The molecule has 17 heavy (non-hydrogen) atoms. The molecule has 0 radical (unpaired) electrons. The topological polar surface area (TPSA) is 17.1 Å². The van der Waals surface area contributed by atoms with Crippen molar-refractivity contribution in [2.75, 3.05) is 13.6 Å². The number of nitrogens with zero attached hydrogens (tertiary/aromatic N) is 1. The van der Waals surface area contributed by atoms with E-state index < -0.39 is 0 Å². The Morgan fingerprint density at radius 1 is 1.06 bits per heavy atom. The number of rotatable bonds is 5. The van der Waals surface area contributed by atoms with Crippen LogP contribution in [-0.2, 0) is 0 Å². The van der Waals surface area contributed by atoms with E-state index in [1.165, 1.54) is 0 Å². The van der Waals surface area contributed by atoms with Gasteiger partial charge >= 0.3 is 0 Å². The van der Waals surface area contributed by atoms with E-state index in [0.29, 0.717) is 18.6 Å². The first kappa shape index (κ1) is 13.9.